The topological polar surface area (TPSA) is 63.2 Å². The van der Waals surface area contributed by atoms with E-state index >= 15 is 0 Å². The molecule has 0 saturated carbocycles. The van der Waals surface area contributed by atoms with Gasteiger partial charge in [-0.1, -0.05) is 30.3 Å². The third-order valence-corrected chi connectivity index (χ3v) is 5.24. The Balaban J connectivity index is 1.80. The van der Waals surface area contributed by atoms with Crippen molar-refractivity contribution in [3.63, 3.8) is 0 Å². The van der Waals surface area contributed by atoms with Crippen LogP contribution in [0.5, 0.6) is 0 Å². The van der Waals surface area contributed by atoms with Gasteiger partial charge in [-0.15, -0.1) is 0 Å². The Labute approximate surface area is 145 Å². The lowest BCUT2D eigenvalue weighted by Gasteiger charge is -2.48. The molecule has 0 radical (unpaired) electrons. The Morgan fingerprint density at radius 3 is 2.62 bits per heavy atom. The van der Waals surface area contributed by atoms with E-state index in [9.17, 15) is 4.79 Å². The molecule has 2 fully saturated rings. The molecule has 24 heavy (non-hydrogen) atoms. The predicted molar refractivity (Wildman–Crippen MR) is 88.5 cm³/mol. The van der Waals surface area contributed by atoms with Crippen LogP contribution < -0.4 is 0 Å². The summed E-state index contributed by atoms with van der Waals surface area (Å²) in [7, 11) is 1.54. The van der Waals surface area contributed by atoms with Crippen LogP contribution in [0, 0.1) is 0 Å². The van der Waals surface area contributed by atoms with E-state index in [4.69, 9.17) is 23.7 Å². The summed E-state index contributed by atoms with van der Waals surface area (Å²) in [5.74, 6) is -0.366. The fraction of sp³-hybridized carbons (Fsp3) is 0.588. The summed E-state index contributed by atoms with van der Waals surface area (Å²) in [6.07, 6.45) is -0.171. The predicted octanol–water partition coefficient (Wildman–Crippen LogP) is 2.14. The monoisotopic (exact) mass is 354 g/mol. The van der Waals surface area contributed by atoms with Gasteiger partial charge in [-0.05, 0) is 6.26 Å². The van der Waals surface area contributed by atoms with E-state index in [0.29, 0.717) is 6.61 Å². The van der Waals surface area contributed by atoms with Gasteiger partial charge in [0.05, 0.1) is 11.9 Å². The van der Waals surface area contributed by atoms with Crippen LogP contribution in [0.4, 0.5) is 0 Å². The van der Waals surface area contributed by atoms with Gasteiger partial charge in [-0.2, -0.15) is 11.8 Å². The maximum atomic E-state index is 11.5. The third-order valence-electron chi connectivity index (χ3n) is 4.16. The zero-order valence-corrected chi connectivity index (χ0v) is 14.7. The fourth-order valence-corrected chi connectivity index (χ4v) is 4.06. The highest BCUT2D eigenvalue weighted by molar-refractivity contribution is 7.99. The maximum absolute atomic E-state index is 11.5. The molecule has 2 aliphatic heterocycles. The molecule has 2 saturated heterocycles. The van der Waals surface area contributed by atoms with E-state index in [0.717, 1.165) is 5.56 Å². The van der Waals surface area contributed by atoms with Crippen molar-refractivity contribution < 1.29 is 28.5 Å². The van der Waals surface area contributed by atoms with Crippen molar-refractivity contribution in [3.05, 3.63) is 35.9 Å². The SMILES string of the molecule is CO[C@H]1O[C@@H]2CO[C@@H](c3ccccc3)O[C@H]2[C@@H](SC)[C@@H]1OC(C)=O. The van der Waals surface area contributed by atoms with Gasteiger partial charge >= 0.3 is 5.97 Å². The minimum Gasteiger partial charge on any atom is -0.456 e. The number of methoxy groups -OCH3 is 1. The number of rotatable bonds is 4. The average Bonchev–Trinajstić information content (AvgIpc) is 2.61. The first kappa shape index (κ1) is 17.7. The van der Waals surface area contributed by atoms with Gasteiger partial charge in [-0.25, -0.2) is 0 Å². The van der Waals surface area contributed by atoms with Gasteiger partial charge in [0.2, 0.25) is 0 Å². The number of esters is 1. The van der Waals surface area contributed by atoms with E-state index < -0.39 is 18.7 Å². The molecule has 1 aromatic carbocycles. The van der Waals surface area contributed by atoms with Crippen molar-refractivity contribution in [1.82, 2.24) is 0 Å². The highest BCUT2D eigenvalue weighted by Crippen LogP contribution is 2.39. The van der Waals surface area contributed by atoms with Crippen molar-refractivity contribution in [2.45, 2.75) is 43.1 Å². The Bertz CT molecular complexity index is 553. The first-order chi connectivity index (χ1) is 11.6. The molecule has 6 atom stereocenters. The van der Waals surface area contributed by atoms with Gasteiger partial charge < -0.3 is 23.7 Å². The van der Waals surface area contributed by atoms with Crippen LogP contribution in [-0.4, -0.2) is 55.8 Å². The van der Waals surface area contributed by atoms with E-state index in [1.165, 1.54) is 14.0 Å². The largest absolute Gasteiger partial charge is 0.456 e. The van der Waals surface area contributed by atoms with Crippen LogP contribution in [0.3, 0.4) is 0 Å². The summed E-state index contributed by atoms with van der Waals surface area (Å²) < 4.78 is 28.7. The second-order valence-corrected chi connectivity index (χ2v) is 6.75. The minimum atomic E-state index is -0.631. The smallest absolute Gasteiger partial charge is 0.303 e. The summed E-state index contributed by atoms with van der Waals surface area (Å²) >= 11 is 1.58. The average molecular weight is 354 g/mol. The highest BCUT2D eigenvalue weighted by atomic mass is 32.2. The number of carbonyl (C=O) groups excluding carboxylic acids is 1. The Morgan fingerprint density at radius 1 is 1.25 bits per heavy atom. The van der Waals surface area contributed by atoms with Crippen LogP contribution in [0.1, 0.15) is 18.8 Å². The summed E-state index contributed by atoms with van der Waals surface area (Å²) in [6.45, 7) is 1.78. The van der Waals surface area contributed by atoms with Gasteiger partial charge in [0.25, 0.3) is 0 Å². The number of hydrogen-bond donors (Lipinski definition) is 0. The molecule has 6 nitrogen and oxygen atoms in total. The lowest BCUT2D eigenvalue weighted by atomic mass is 10.00. The molecule has 0 unspecified atom stereocenters. The van der Waals surface area contributed by atoms with E-state index in [2.05, 4.69) is 0 Å². The molecule has 0 aliphatic carbocycles. The quantitative estimate of drug-likeness (QED) is 0.768. The number of hydrogen-bond acceptors (Lipinski definition) is 7. The Kier molecular flexibility index (Phi) is 5.78. The zero-order valence-electron chi connectivity index (χ0n) is 13.9. The highest BCUT2D eigenvalue weighted by Gasteiger charge is 2.51. The van der Waals surface area contributed by atoms with Gasteiger partial charge in [0, 0.05) is 19.6 Å². The van der Waals surface area contributed by atoms with Gasteiger partial charge in [0.15, 0.2) is 18.7 Å². The van der Waals surface area contributed by atoms with Gasteiger partial charge in [0.1, 0.15) is 12.2 Å². The summed E-state index contributed by atoms with van der Waals surface area (Å²) in [4.78, 5) is 11.5. The number of thioether (sulfide) groups is 1. The molecule has 0 aromatic heterocycles. The lowest BCUT2D eigenvalue weighted by Crippen LogP contribution is -2.61. The van der Waals surface area contributed by atoms with E-state index in [1.54, 1.807) is 11.8 Å². The standard InChI is InChI=1S/C17H22O6S/c1-10(18)21-14-15(24-3)13-12(22-17(14)19-2)9-20-16(23-13)11-7-5-4-6-8-11/h4-8,12-17H,9H2,1-3H3/t12-,13-,14+,15-,16-,17+/m1/s1. The molecule has 132 valence electrons. The molecule has 2 aliphatic rings. The van der Waals surface area contributed by atoms with Crippen molar-refractivity contribution in [3.8, 4) is 0 Å². The molecule has 2 heterocycles. The van der Waals surface area contributed by atoms with E-state index in [-0.39, 0.29) is 23.4 Å². The normalized spacial score (nSPS) is 36.0. The number of fused-ring (bicyclic) bond motifs is 1. The summed E-state index contributed by atoms with van der Waals surface area (Å²) in [6, 6.07) is 9.76. The molecular formula is C17H22O6S. The lowest BCUT2D eigenvalue weighted by molar-refractivity contribution is -0.331. The van der Waals surface area contributed by atoms with Crippen LogP contribution in [0.15, 0.2) is 30.3 Å². The first-order valence-corrected chi connectivity index (χ1v) is 9.13. The molecule has 0 bridgehead atoms. The fourth-order valence-electron chi connectivity index (χ4n) is 3.10. The maximum Gasteiger partial charge on any atom is 0.303 e. The van der Waals surface area contributed by atoms with Gasteiger partial charge in [-0.3, -0.25) is 4.79 Å². The second kappa shape index (κ2) is 7.84. The molecule has 1 aromatic rings. The zero-order chi connectivity index (χ0) is 17.1. The van der Waals surface area contributed by atoms with Crippen molar-refractivity contribution in [1.29, 1.82) is 0 Å². The van der Waals surface area contributed by atoms with Crippen LogP contribution in [0.2, 0.25) is 0 Å². The Morgan fingerprint density at radius 2 is 2.00 bits per heavy atom. The Hall–Kier alpha value is -1.12. The molecule has 0 spiro atoms. The number of carbonyl (C=O) groups is 1. The van der Waals surface area contributed by atoms with Crippen LogP contribution in [0.25, 0.3) is 0 Å². The molecule has 3 rings (SSSR count). The van der Waals surface area contributed by atoms with Crippen molar-refractivity contribution in [2.24, 2.45) is 0 Å². The summed E-state index contributed by atoms with van der Waals surface area (Å²) in [5.41, 5.74) is 0.953. The van der Waals surface area contributed by atoms with Crippen molar-refractivity contribution >= 4 is 17.7 Å². The molecule has 7 heteroatoms. The first-order valence-electron chi connectivity index (χ1n) is 7.84. The minimum absolute atomic E-state index is 0.104. The molecule has 0 amide bonds. The van der Waals surface area contributed by atoms with Crippen LogP contribution in [-0.2, 0) is 28.5 Å². The van der Waals surface area contributed by atoms with Crippen LogP contribution >= 0.6 is 11.8 Å². The molecule has 0 N–H and O–H groups in total. The second-order valence-electron chi connectivity index (χ2n) is 5.73. The number of benzene rings is 1. The summed E-state index contributed by atoms with van der Waals surface area (Å²) in [5, 5.41) is -0.104. The van der Waals surface area contributed by atoms with E-state index in [1.807, 2.05) is 36.6 Å². The van der Waals surface area contributed by atoms with Crippen molar-refractivity contribution in [2.75, 3.05) is 20.0 Å². The molecular weight excluding hydrogens is 332 g/mol. The third kappa shape index (κ3) is 3.60. The number of ether oxygens (including phenoxy) is 5.